The maximum absolute atomic E-state index is 10.4. The van der Waals surface area contributed by atoms with Crippen molar-refractivity contribution in [2.45, 2.75) is 0 Å². The normalized spacial score (nSPS) is 10.8. The van der Waals surface area contributed by atoms with Crippen molar-refractivity contribution in [1.29, 1.82) is 0 Å². The number of aliphatic hydroxyl groups excluding tert-OH is 1. The molecule has 2 N–H and O–H groups in total. The first-order valence-corrected chi connectivity index (χ1v) is 4.16. The first kappa shape index (κ1) is 8.96. The average Bonchev–Trinajstić information content (AvgIpc) is 2.48. The van der Waals surface area contributed by atoms with Gasteiger partial charge in [-0.05, 0) is 18.2 Å². The topological polar surface area (TPSA) is 57.5 Å². The quantitative estimate of drug-likeness (QED) is 0.747. The number of carbonyl (C=O) groups is 1. The molecule has 3 nitrogen and oxygen atoms in total. The Bertz CT molecular complexity index is 301. The van der Waals surface area contributed by atoms with E-state index in [-0.39, 0.29) is 6.61 Å². The van der Waals surface area contributed by atoms with Crippen LogP contribution in [0.5, 0.6) is 0 Å². The molecular formula is C8H8O3S. The Hall–Kier alpha value is -1.13. The molecule has 0 aliphatic rings. The van der Waals surface area contributed by atoms with E-state index in [4.69, 9.17) is 10.2 Å². The van der Waals surface area contributed by atoms with Crippen molar-refractivity contribution in [3.8, 4) is 0 Å². The molecule has 0 aliphatic heterocycles. The molecule has 0 saturated carbocycles. The van der Waals surface area contributed by atoms with Gasteiger partial charge in [0.2, 0.25) is 0 Å². The fourth-order valence-corrected chi connectivity index (χ4v) is 1.50. The Morgan fingerprint density at radius 3 is 2.83 bits per heavy atom. The number of aliphatic hydroxyl groups is 1. The second kappa shape index (κ2) is 4.04. The average molecular weight is 184 g/mol. The van der Waals surface area contributed by atoms with E-state index in [1.54, 1.807) is 24.3 Å². The molecular weight excluding hydrogens is 176 g/mol. The predicted molar refractivity (Wildman–Crippen MR) is 47.4 cm³/mol. The number of aromatic carboxylic acids is 1. The van der Waals surface area contributed by atoms with Gasteiger partial charge in [0.05, 0.1) is 6.61 Å². The lowest BCUT2D eigenvalue weighted by atomic mass is 10.4. The highest BCUT2D eigenvalue weighted by Crippen LogP contribution is 2.17. The molecule has 0 radical (unpaired) electrons. The van der Waals surface area contributed by atoms with Gasteiger partial charge in [0.15, 0.2) is 0 Å². The van der Waals surface area contributed by atoms with Gasteiger partial charge in [0, 0.05) is 4.88 Å². The standard InChI is InChI=1S/C8H8O3S/c9-5-1-2-6-3-4-7(12-6)8(10)11/h1-4,9H,5H2,(H,10,11). The summed E-state index contributed by atoms with van der Waals surface area (Å²) in [5.41, 5.74) is 0. The van der Waals surface area contributed by atoms with Gasteiger partial charge in [-0.2, -0.15) is 0 Å². The van der Waals surface area contributed by atoms with Gasteiger partial charge in [-0.1, -0.05) is 6.08 Å². The lowest BCUT2D eigenvalue weighted by Crippen LogP contribution is -1.89. The molecule has 1 aromatic heterocycles. The minimum Gasteiger partial charge on any atom is -0.477 e. The molecule has 0 saturated heterocycles. The van der Waals surface area contributed by atoms with E-state index in [1.165, 1.54) is 11.3 Å². The molecule has 0 amide bonds. The van der Waals surface area contributed by atoms with Crippen LogP contribution in [0.3, 0.4) is 0 Å². The van der Waals surface area contributed by atoms with Crippen molar-refractivity contribution in [2.75, 3.05) is 6.61 Å². The third kappa shape index (κ3) is 2.18. The molecule has 0 aromatic carbocycles. The monoisotopic (exact) mass is 184 g/mol. The number of rotatable bonds is 3. The third-order valence-corrected chi connectivity index (χ3v) is 2.26. The van der Waals surface area contributed by atoms with Crippen LogP contribution in [0.25, 0.3) is 6.08 Å². The molecule has 0 atom stereocenters. The van der Waals surface area contributed by atoms with Crippen molar-refractivity contribution >= 4 is 23.4 Å². The van der Waals surface area contributed by atoms with Crippen LogP contribution < -0.4 is 0 Å². The Morgan fingerprint density at radius 1 is 1.58 bits per heavy atom. The Morgan fingerprint density at radius 2 is 2.33 bits per heavy atom. The van der Waals surface area contributed by atoms with Crippen LogP contribution >= 0.6 is 11.3 Å². The molecule has 1 heterocycles. The van der Waals surface area contributed by atoms with Crippen LogP contribution in [-0.4, -0.2) is 22.8 Å². The van der Waals surface area contributed by atoms with E-state index >= 15 is 0 Å². The van der Waals surface area contributed by atoms with Gasteiger partial charge >= 0.3 is 5.97 Å². The van der Waals surface area contributed by atoms with Gasteiger partial charge in [0.1, 0.15) is 4.88 Å². The summed E-state index contributed by atoms with van der Waals surface area (Å²) in [6.07, 6.45) is 3.26. The van der Waals surface area contributed by atoms with Gasteiger partial charge in [-0.25, -0.2) is 4.79 Å². The molecule has 4 heteroatoms. The minimum absolute atomic E-state index is 0.0275. The van der Waals surface area contributed by atoms with E-state index in [2.05, 4.69) is 0 Å². The highest BCUT2D eigenvalue weighted by Gasteiger charge is 2.04. The fraction of sp³-hybridized carbons (Fsp3) is 0.125. The second-order valence-electron chi connectivity index (χ2n) is 2.09. The van der Waals surface area contributed by atoms with E-state index in [0.29, 0.717) is 4.88 Å². The van der Waals surface area contributed by atoms with E-state index < -0.39 is 5.97 Å². The molecule has 64 valence electrons. The van der Waals surface area contributed by atoms with E-state index in [0.717, 1.165) is 4.88 Å². The van der Waals surface area contributed by atoms with E-state index in [1.807, 2.05) is 0 Å². The molecule has 0 bridgehead atoms. The lowest BCUT2D eigenvalue weighted by molar-refractivity contribution is 0.0702. The van der Waals surface area contributed by atoms with Crippen LogP contribution in [0.1, 0.15) is 14.5 Å². The maximum Gasteiger partial charge on any atom is 0.345 e. The van der Waals surface area contributed by atoms with Crippen molar-refractivity contribution < 1.29 is 15.0 Å². The maximum atomic E-state index is 10.4. The van der Waals surface area contributed by atoms with Crippen LogP contribution in [-0.2, 0) is 0 Å². The Labute approximate surface area is 73.6 Å². The predicted octanol–water partition coefficient (Wildman–Crippen LogP) is 1.45. The second-order valence-corrected chi connectivity index (χ2v) is 3.21. The zero-order chi connectivity index (χ0) is 8.97. The van der Waals surface area contributed by atoms with Crippen molar-refractivity contribution in [3.63, 3.8) is 0 Å². The summed E-state index contributed by atoms with van der Waals surface area (Å²) < 4.78 is 0. The summed E-state index contributed by atoms with van der Waals surface area (Å²) in [7, 11) is 0. The summed E-state index contributed by atoms with van der Waals surface area (Å²) in [5.74, 6) is -0.913. The zero-order valence-corrected chi connectivity index (χ0v) is 7.04. The number of hydrogen-bond donors (Lipinski definition) is 2. The van der Waals surface area contributed by atoms with Crippen LogP contribution in [0.15, 0.2) is 18.2 Å². The Kier molecular flexibility index (Phi) is 3.01. The SMILES string of the molecule is O=C(O)c1ccc(C=CCO)s1. The molecule has 12 heavy (non-hydrogen) atoms. The van der Waals surface area contributed by atoms with Crippen LogP contribution in [0.2, 0.25) is 0 Å². The first-order valence-electron chi connectivity index (χ1n) is 3.34. The highest BCUT2D eigenvalue weighted by molar-refractivity contribution is 7.14. The fourth-order valence-electron chi connectivity index (χ4n) is 0.726. The number of thiophene rings is 1. The first-order chi connectivity index (χ1) is 5.74. The van der Waals surface area contributed by atoms with E-state index in [9.17, 15) is 4.79 Å². The molecule has 1 rings (SSSR count). The molecule has 1 aromatic rings. The number of carboxylic acids is 1. The van der Waals surface area contributed by atoms with Gasteiger partial charge < -0.3 is 10.2 Å². The summed E-state index contributed by atoms with van der Waals surface area (Å²) in [6.45, 7) is -0.0275. The molecule has 0 spiro atoms. The largest absolute Gasteiger partial charge is 0.477 e. The van der Waals surface area contributed by atoms with Gasteiger partial charge in [-0.3, -0.25) is 0 Å². The Balaban J connectivity index is 2.77. The van der Waals surface area contributed by atoms with Crippen molar-refractivity contribution in [1.82, 2.24) is 0 Å². The highest BCUT2D eigenvalue weighted by atomic mass is 32.1. The minimum atomic E-state index is -0.913. The van der Waals surface area contributed by atoms with Gasteiger partial charge in [-0.15, -0.1) is 11.3 Å². The lowest BCUT2D eigenvalue weighted by Gasteiger charge is -1.82. The number of hydrogen-bond acceptors (Lipinski definition) is 3. The summed E-state index contributed by atoms with van der Waals surface area (Å²) >= 11 is 1.18. The summed E-state index contributed by atoms with van der Waals surface area (Å²) in [5, 5.41) is 17.0. The molecule has 0 fully saturated rings. The smallest absolute Gasteiger partial charge is 0.345 e. The summed E-state index contributed by atoms with van der Waals surface area (Å²) in [4.78, 5) is 11.6. The van der Waals surface area contributed by atoms with Crippen molar-refractivity contribution in [3.05, 3.63) is 28.0 Å². The van der Waals surface area contributed by atoms with Crippen LogP contribution in [0, 0.1) is 0 Å². The van der Waals surface area contributed by atoms with Crippen molar-refractivity contribution in [2.24, 2.45) is 0 Å². The molecule has 0 aliphatic carbocycles. The summed E-state index contributed by atoms with van der Waals surface area (Å²) in [6, 6.07) is 3.25. The number of carboxylic acid groups (broad SMARTS) is 1. The van der Waals surface area contributed by atoms with Crippen LogP contribution in [0.4, 0.5) is 0 Å². The zero-order valence-electron chi connectivity index (χ0n) is 6.23. The van der Waals surface area contributed by atoms with Gasteiger partial charge in [0.25, 0.3) is 0 Å². The molecule has 0 unspecified atom stereocenters. The third-order valence-electron chi connectivity index (χ3n) is 1.23.